The lowest BCUT2D eigenvalue weighted by Crippen LogP contribution is -2.49. The smallest absolute Gasteiger partial charge is 0.263 e. The number of benzene rings is 1. The van der Waals surface area contributed by atoms with Crippen molar-refractivity contribution in [2.75, 3.05) is 19.6 Å². The molecule has 5 heteroatoms. The second-order valence-corrected chi connectivity index (χ2v) is 7.81. The zero-order valence-electron chi connectivity index (χ0n) is 15.2. The maximum absolute atomic E-state index is 12.8. The van der Waals surface area contributed by atoms with Crippen LogP contribution in [0, 0.1) is 19.8 Å². The van der Waals surface area contributed by atoms with Crippen LogP contribution >= 0.6 is 12.4 Å². The lowest BCUT2D eigenvalue weighted by Gasteiger charge is -2.33. The molecule has 0 spiro atoms. The molecule has 1 aromatic carbocycles. The van der Waals surface area contributed by atoms with Crippen LogP contribution in [0.2, 0.25) is 0 Å². The van der Waals surface area contributed by atoms with Gasteiger partial charge in [-0.25, -0.2) is 0 Å². The highest BCUT2D eigenvalue weighted by atomic mass is 35.5. The summed E-state index contributed by atoms with van der Waals surface area (Å²) in [5.41, 5.74) is 3.68. The fraction of sp³-hybridized carbons (Fsp3) is 0.650. The number of halogens is 1. The average Bonchev–Trinajstić information content (AvgIpc) is 3.33. The summed E-state index contributed by atoms with van der Waals surface area (Å²) in [6, 6.07) is 4.83. The van der Waals surface area contributed by atoms with Gasteiger partial charge < -0.3 is 15.0 Å². The van der Waals surface area contributed by atoms with Gasteiger partial charge in [-0.2, -0.15) is 0 Å². The van der Waals surface area contributed by atoms with Crippen molar-refractivity contribution in [2.45, 2.75) is 58.1 Å². The topological polar surface area (TPSA) is 41.6 Å². The van der Waals surface area contributed by atoms with Crippen LogP contribution in [-0.2, 0) is 11.2 Å². The number of hydrogen-bond acceptors (Lipinski definition) is 3. The normalized spacial score (nSPS) is 23.0. The zero-order chi connectivity index (χ0) is 16.7. The first-order valence-corrected chi connectivity index (χ1v) is 9.39. The van der Waals surface area contributed by atoms with Gasteiger partial charge in [-0.1, -0.05) is 6.07 Å². The molecule has 1 saturated carbocycles. The molecule has 4 nitrogen and oxygen atoms in total. The first-order chi connectivity index (χ1) is 11.6. The maximum atomic E-state index is 12.8. The molecule has 0 aromatic heterocycles. The van der Waals surface area contributed by atoms with Crippen LogP contribution in [0.1, 0.15) is 42.4 Å². The molecule has 1 amide bonds. The number of nitrogens with one attached hydrogen (secondary N) is 1. The molecule has 2 fully saturated rings. The van der Waals surface area contributed by atoms with Gasteiger partial charge in [0.1, 0.15) is 5.75 Å². The van der Waals surface area contributed by atoms with Crippen molar-refractivity contribution >= 4 is 18.3 Å². The Kier molecular flexibility index (Phi) is 5.59. The minimum absolute atomic E-state index is 0. The molecule has 1 atom stereocenters. The fourth-order valence-electron chi connectivity index (χ4n) is 3.81. The SMILES string of the molecule is Cc1cc2c(cc1C)OC(C(=O)N1CCC(NCC3CC3)CC1)C2.Cl. The number of ether oxygens (including phenoxy) is 1. The predicted molar refractivity (Wildman–Crippen MR) is 102 cm³/mol. The molecule has 0 radical (unpaired) electrons. The van der Waals surface area contributed by atoms with Crippen LogP contribution < -0.4 is 10.1 Å². The van der Waals surface area contributed by atoms with Gasteiger partial charge in [0.15, 0.2) is 6.10 Å². The third kappa shape index (κ3) is 4.12. The summed E-state index contributed by atoms with van der Waals surface area (Å²) in [6.07, 6.45) is 5.31. The summed E-state index contributed by atoms with van der Waals surface area (Å²) in [5, 5.41) is 3.67. The van der Waals surface area contributed by atoms with E-state index >= 15 is 0 Å². The van der Waals surface area contributed by atoms with E-state index in [1.807, 2.05) is 4.90 Å². The van der Waals surface area contributed by atoms with Gasteiger partial charge in [0.05, 0.1) is 0 Å². The van der Waals surface area contributed by atoms with E-state index in [1.165, 1.54) is 36.1 Å². The quantitative estimate of drug-likeness (QED) is 0.892. The molecule has 1 aliphatic carbocycles. The van der Waals surface area contributed by atoms with E-state index in [0.29, 0.717) is 6.04 Å². The highest BCUT2D eigenvalue weighted by Crippen LogP contribution is 2.32. The van der Waals surface area contributed by atoms with Crippen molar-refractivity contribution in [3.8, 4) is 5.75 Å². The van der Waals surface area contributed by atoms with Crippen molar-refractivity contribution < 1.29 is 9.53 Å². The van der Waals surface area contributed by atoms with E-state index in [1.54, 1.807) is 0 Å². The third-order valence-electron chi connectivity index (χ3n) is 5.83. The lowest BCUT2D eigenvalue weighted by molar-refractivity contribution is -0.139. The number of carbonyl (C=O) groups excluding carboxylic acids is 1. The van der Waals surface area contributed by atoms with Gasteiger partial charge in [-0.3, -0.25) is 4.79 Å². The summed E-state index contributed by atoms with van der Waals surface area (Å²) in [5.74, 6) is 1.99. The lowest BCUT2D eigenvalue weighted by atomic mass is 10.0. The molecule has 2 heterocycles. The van der Waals surface area contributed by atoms with E-state index in [0.717, 1.165) is 44.0 Å². The summed E-state index contributed by atoms with van der Waals surface area (Å²) in [4.78, 5) is 14.8. The molecule has 1 unspecified atom stereocenters. The van der Waals surface area contributed by atoms with Crippen LogP contribution in [-0.4, -0.2) is 42.6 Å². The number of fused-ring (bicyclic) bond motifs is 1. The molecular formula is C20H29ClN2O2. The van der Waals surface area contributed by atoms with Crippen LogP contribution in [0.5, 0.6) is 5.75 Å². The minimum Gasteiger partial charge on any atom is -0.480 e. The van der Waals surface area contributed by atoms with E-state index < -0.39 is 0 Å². The van der Waals surface area contributed by atoms with Crippen LogP contribution in [0.25, 0.3) is 0 Å². The van der Waals surface area contributed by atoms with E-state index in [4.69, 9.17) is 4.74 Å². The summed E-state index contributed by atoms with van der Waals surface area (Å²) >= 11 is 0. The minimum atomic E-state index is -0.322. The molecule has 3 aliphatic rings. The van der Waals surface area contributed by atoms with Crippen LogP contribution in [0.4, 0.5) is 0 Å². The Morgan fingerprint density at radius 1 is 1.16 bits per heavy atom. The largest absolute Gasteiger partial charge is 0.480 e. The predicted octanol–water partition coefficient (Wildman–Crippen LogP) is 3.02. The molecule has 0 bridgehead atoms. The first kappa shape index (κ1) is 18.5. The van der Waals surface area contributed by atoms with Crippen LogP contribution in [0.3, 0.4) is 0 Å². The number of rotatable bonds is 4. The van der Waals surface area contributed by atoms with Gasteiger partial charge >= 0.3 is 0 Å². The second kappa shape index (κ2) is 7.55. The number of amides is 1. The Bertz CT molecular complexity index is 606. The third-order valence-corrected chi connectivity index (χ3v) is 5.83. The molecule has 1 N–H and O–H groups in total. The average molecular weight is 365 g/mol. The number of likely N-dealkylation sites (tertiary alicyclic amines) is 1. The van der Waals surface area contributed by atoms with E-state index in [2.05, 4.69) is 31.3 Å². The Labute approximate surface area is 156 Å². The van der Waals surface area contributed by atoms with Crippen molar-refractivity contribution in [3.63, 3.8) is 0 Å². The van der Waals surface area contributed by atoms with Crippen molar-refractivity contribution in [2.24, 2.45) is 5.92 Å². The van der Waals surface area contributed by atoms with Gasteiger partial charge in [-0.05, 0) is 74.8 Å². The standard InChI is InChI=1S/C20H28N2O2.ClH/c1-13-9-16-11-19(24-18(16)10-14(13)2)20(23)22-7-5-17(6-8-22)21-12-15-3-4-15;/h9-10,15,17,19,21H,3-8,11-12H2,1-2H3;1H. The summed E-state index contributed by atoms with van der Waals surface area (Å²) in [6.45, 7) is 7.08. The van der Waals surface area contributed by atoms with E-state index in [-0.39, 0.29) is 24.4 Å². The van der Waals surface area contributed by atoms with Crippen molar-refractivity contribution in [3.05, 3.63) is 28.8 Å². The number of piperidine rings is 1. The van der Waals surface area contributed by atoms with Crippen molar-refractivity contribution in [1.82, 2.24) is 10.2 Å². The molecule has 1 saturated heterocycles. The molecule has 2 aliphatic heterocycles. The van der Waals surface area contributed by atoms with Crippen LogP contribution in [0.15, 0.2) is 12.1 Å². The fourth-order valence-corrected chi connectivity index (χ4v) is 3.81. The van der Waals surface area contributed by atoms with Gasteiger partial charge in [0, 0.05) is 25.6 Å². The Hall–Kier alpha value is -1.26. The van der Waals surface area contributed by atoms with Gasteiger partial charge in [-0.15, -0.1) is 12.4 Å². The van der Waals surface area contributed by atoms with Crippen molar-refractivity contribution in [1.29, 1.82) is 0 Å². The molecule has 4 rings (SSSR count). The highest BCUT2D eigenvalue weighted by Gasteiger charge is 2.34. The molecule has 1 aromatic rings. The van der Waals surface area contributed by atoms with Gasteiger partial charge in [0.2, 0.25) is 0 Å². The monoisotopic (exact) mass is 364 g/mol. The number of hydrogen-bond donors (Lipinski definition) is 1. The Morgan fingerprint density at radius 2 is 1.84 bits per heavy atom. The van der Waals surface area contributed by atoms with Gasteiger partial charge in [0.25, 0.3) is 5.91 Å². The maximum Gasteiger partial charge on any atom is 0.263 e. The zero-order valence-corrected chi connectivity index (χ0v) is 16.0. The summed E-state index contributed by atoms with van der Waals surface area (Å²) < 4.78 is 5.96. The number of nitrogens with zero attached hydrogens (tertiary/aromatic N) is 1. The van der Waals surface area contributed by atoms with E-state index in [9.17, 15) is 4.79 Å². The molecule has 138 valence electrons. The molecular weight excluding hydrogens is 336 g/mol. The Morgan fingerprint density at radius 3 is 2.52 bits per heavy atom. The second-order valence-electron chi connectivity index (χ2n) is 7.81. The summed E-state index contributed by atoms with van der Waals surface area (Å²) in [7, 11) is 0. The number of carbonyl (C=O) groups is 1. The first-order valence-electron chi connectivity index (χ1n) is 9.39. The molecule has 25 heavy (non-hydrogen) atoms. The number of aryl methyl sites for hydroxylation is 2. The highest BCUT2D eigenvalue weighted by molar-refractivity contribution is 5.85. The Balaban J connectivity index is 0.00000182.